The first-order valence-corrected chi connectivity index (χ1v) is 23.6. The summed E-state index contributed by atoms with van der Waals surface area (Å²) in [6.07, 6.45) is 0. The van der Waals surface area contributed by atoms with Gasteiger partial charge in [0.15, 0.2) is 32.3 Å². The molecule has 0 atom stereocenters. The Morgan fingerprint density at radius 1 is 0.312 bits per heavy atom. The Kier molecular flexibility index (Phi) is 4.60. The van der Waals surface area contributed by atoms with Gasteiger partial charge in [0, 0.05) is 42.5 Å². The van der Waals surface area contributed by atoms with Gasteiger partial charge in [-0.3, -0.25) is 0 Å². The average molecular weight is 493 g/mol. The molecule has 1 aliphatic rings. The lowest BCUT2D eigenvalue weighted by Crippen LogP contribution is -2.62. The fourth-order valence-corrected chi connectivity index (χ4v) is 14.3. The molecular weight excluding hydrogens is 457 g/mol. The number of aromatic nitrogens is 4. The van der Waals surface area contributed by atoms with Crippen LogP contribution in [0.5, 0.6) is 0 Å². The highest BCUT2D eigenvalue weighted by atomic mass is 28.3. The van der Waals surface area contributed by atoms with E-state index in [0.29, 0.717) is 0 Å². The van der Waals surface area contributed by atoms with Gasteiger partial charge in [0.2, 0.25) is 0 Å². The molecule has 0 aromatic carbocycles. The van der Waals surface area contributed by atoms with Crippen LogP contribution in [-0.4, -0.2) is 52.2 Å². The number of nitrogens with one attached hydrogen (secondary N) is 4. The molecule has 4 nitrogen and oxygen atoms in total. The van der Waals surface area contributed by atoms with Gasteiger partial charge in [-0.15, -0.1) is 0 Å². The Morgan fingerprint density at radius 3 is 0.562 bits per heavy atom. The van der Waals surface area contributed by atoms with Crippen molar-refractivity contribution in [3.63, 3.8) is 0 Å². The van der Waals surface area contributed by atoms with Gasteiger partial charge in [0.1, 0.15) is 0 Å². The predicted octanol–water partition coefficient (Wildman–Crippen LogP) is 0.603. The maximum Gasteiger partial charge on any atom is 0.152 e. The SMILES string of the molecule is C[Si]1(C)c2ccc([nH]2)[Si](C)(C)c2ccc([nH]2)[Si](C)(C)c2ccc([nH]2)[Si](C)(C)c2ccc1[nH]2. The number of H-pyrrole nitrogens is 4. The lowest BCUT2D eigenvalue weighted by atomic mass is 10.7. The molecule has 5 rings (SSSR count). The molecule has 1 aliphatic heterocycles. The summed E-state index contributed by atoms with van der Waals surface area (Å²) in [4.78, 5) is 15.7. The van der Waals surface area contributed by atoms with E-state index in [1.807, 2.05) is 0 Å². The second-order valence-electron chi connectivity index (χ2n) is 11.6. The molecule has 4 N–H and O–H groups in total. The first-order chi connectivity index (χ1) is 14.8. The zero-order valence-electron chi connectivity index (χ0n) is 20.6. The Bertz CT molecular complexity index is 1020. The third-order valence-electron chi connectivity index (χ3n) is 8.13. The van der Waals surface area contributed by atoms with Crippen LogP contribution in [0.25, 0.3) is 0 Å². The standard InChI is InChI=1S/C24H36N4Si4/c1-29(2)17-9-11-19(25-17)30(3,4)21-13-15-23(27-21)32(7,8)24-16-14-22(28-24)31(5,6)20-12-10-18(29)26-20/h9-16,25-28H,1-8H3. The van der Waals surface area contributed by atoms with Crippen molar-refractivity contribution in [3.05, 3.63) is 48.5 Å². The molecule has 4 aromatic heterocycles. The Balaban J connectivity index is 1.76. The molecule has 168 valence electrons. The van der Waals surface area contributed by atoms with E-state index < -0.39 is 32.3 Å². The number of hydrogen-bond donors (Lipinski definition) is 4. The van der Waals surface area contributed by atoms with Crippen LogP contribution in [0, 0.1) is 0 Å². The minimum Gasteiger partial charge on any atom is -0.369 e. The van der Waals surface area contributed by atoms with Gasteiger partial charge in [-0.1, -0.05) is 52.4 Å². The molecule has 32 heavy (non-hydrogen) atoms. The number of rotatable bonds is 0. The summed E-state index contributed by atoms with van der Waals surface area (Å²) in [5, 5.41) is 11.3. The Labute approximate surface area is 195 Å². The normalized spacial score (nSPS) is 20.2. The van der Waals surface area contributed by atoms with Crippen LogP contribution in [0.3, 0.4) is 0 Å². The first-order valence-electron chi connectivity index (χ1n) is 11.6. The van der Waals surface area contributed by atoms with Crippen molar-refractivity contribution < 1.29 is 0 Å². The van der Waals surface area contributed by atoms with Gasteiger partial charge in [-0.25, -0.2) is 0 Å². The zero-order chi connectivity index (χ0) is 23.1. The fraction of sp³-hybridized carbons (Fsp3) is 0.333. The van der Waals surface area contributed by atoms with E-state index in [9.17, 15) is 0 Å². The smallest absolute Gasteiger partial charge is 0.152 e. The fourth-order valence-electron chi connectivity index (χ4n) is 5.08. The highest BCUT2D eigenvalue weighted by Gasteiger charge is 2.38. The van der Waals surface area contributed by atoms with Crippen LogP contribution < -0.4 is 42.5 Å². The van der Waals surface area contributed by atoms with Crippen LogP contribution in [-0.2, 0) is 0 Å². The van der Waals surface area contributed by atoms with Crippen molar-refractivity contribution >= 4 is 74.8 Å². The maximum atomic E-state index is 3.92. The van der Waals surface area contributed by atoms with Crippen LogP contribution in [0.15, 0.2) is 48.5 Å². The Hall–Kier alpha value is -2.01. The third-order valence-corrected chi connectivity index (χ3v) is 21.2. The summed E-state index contributed by atoms with van der Waals surface area (Å²) < 4.78 is 0. The van der Waals surface area contributed by atoms with E-state index in [2.05, 4.69) is 121 Å². The van der Waals surface area contributed by atoms with Gasteiger partial charge in [0.25, 0.3) is 0 Å². The number of hydrogen-bond acceptors (Lipinski definition) is 0. The molecule has 8 heteroatoms. The second kappa shape index (κ2) is 6.75. The largest absolute Gasteiger partial charge is 0.369 e. The van der Waals surface area contributed by atoms with Crippen LogP contribution >= 0.6 is 0 Å². The molecule has 0 unspecified atom stereocenters. The number of fused-ring (bicyclic) bond motifs is 8. The van der Waals surface area contributed by atoms with Crippen LogP contribution in [0.4, 0.5) is 0 Å². The van der Waals surface area contributed by atoms with Crippen molar-refractivity contribution in [3.8, 4) is 0 Å². The average Bonchev–Trinajstić information content (AvgIpc) is 3.53. The summed E-state index contributed by atoms with van der Waals surface area (Å²) in [6.45, 7) is 19.7. The highest BCUT2D eigenvalue weighted by Crippen LogP contribution is 2.10. The van der Waals surface area contributed by atoms with Gasteiger partial charge in [-0.2, -0.15) is 0 Å². The van der Waals surface area contributed by atoms with Crippen LogP contribution in [0.1, 0.15) is 0 Å². The summed E-state index contributed by atoms with van der Waals surface area (Å²) in [6, 6.07) is 18.9. The molecule has 0 saturated heterocycles. The van der Waals surface area contributed by atoms with Gasteiger partial charge in [-0.05, 0) is 48.5 Å². The van der Waals surface area contributed by atoms with E-state index in [1.54, 1.807) is 0 Å². The number of aromatic amines is 4. The third kappa shape index (κ3) is 3.03. The highest BCUT2D eigenvalue weighted by molar-refractivity contribution is 7.04. The molecule has 0 aliphatic carbocycles. The molecule has 0 saturated carbocycles. The van der Waals surface area contributed by atoms with Crippen molar-refractivity contribution in [2.75, 3.05) is 0 Å². The molecule has 4 aromatic rings. The lowest BCUT2D eigenvalue weighted by Gasteiger charge is -2.25. The second-order valence-corrected chi connectivity index (χ2v) is 29.0. The molecule has 5 heterocycles. The van der Waals surface area contributed by atoms with E-state index >= 15 is 0 Å². The van der Waals surface area contributed by atoms with Gasteiger partial charge in [0.05, 0.1) is 0 Å². The zero-order valence-corrected chi connectivity index (χ0v) is 24.6. The van der Waals surface area contributed by atoms with Gasteiger partial charge >= 0.3 is 0 Å². The van der Waals surface area contributed by atoms with E-state index in [-0.39, 0.29) is 0 Å². The van der Waals surface area contributed by atoms with Crippen molar-refractivity contribution in [1.29, 1.82) is 0 Å². The molecule has 8 bridgehead atoms. The topological polar surface area (TPSA) is 63.2 Å². The molecule has 0 radical (unpaired) electrons. The van der Waals surface area contributed by atoms with E-state index in [1.165, 1.54) is 42.5 Å². The van der Waals surface area contributed by atoms with Crippen LogP contribution in [0.2, 0.25) is 52.4 Å². The quantitative estimate of drug-likeness (QED) is 0.260. The summed E-state index contributed by atoms with van der Waals surface area (Å²) >= 11 is 0. The summed E-state index contributed by atoms with van der Waals surface area (Å²) in [5.41, 5.74) is 0. The first kappa shape index (κ1) is 21.8. The van der Waals surface area contributed by atoms with Gasteiger partial charge < -0.3 is 19.9 Å². The molecular formula is C24H36N4Si4. The lowest BCUT2D eigenvalue weighted by molar-refractivity contribution is 1.41. The molecule has 0 amide bonds. The minimum absolute atomic E-state index is 1.41. The monoisotopic (exact) mass is 492 g/mol. The Morgan fingerprint density at radius 2 is 0.438 bits per heavy atom. The molecule has 0 fully saturated rings. The van der Waals surface area contributed by atoms with E-state index in [0.717, 1.165) is 0 Å². The predicted molar refractivity (Wildman–Crippen MR) is 150 cm³/mol. The minimum atomic E-state index is -1.84. The summed E-state index contributed by atoms with van der Waals surface area (Å²) in [5.74, 6) is 0. The van der Waals surface area contributed by atoms with Crippen molar-refractivity contribution in [2.24, 2.45) is 0 Å². The van der Waals surface area contributed by atoms with Crippen molar-refractivity contribution in [2.45, 2.75) is 52.4 Å². The summed E-state index contributed by atoms with van der Waals surface area (Å²) in [7, 11) is -7.38. The van der Waals surface area contributed by atoms with E-state index in [4.69, 9.17) is 0 Å². The maximum absolute atomic E-state index is 3.92. The molecule has 0 spiro atoms. The van der Waals surface area contributed by atoms with Crippen molar-refractivity contribution in [1.82, 2.24) is 19.9 Å².